The number of hydrogen-bond acceptors (Lipinski definition) is 3. The van der Waals surface area contributed by atoms with E-state index in [1.807, 2.05) is 51.2 Å². The molecule has 0 aliphatic rings. The summed E-state index contributed by atoms with van der Waals surface area (Å²) in [5, 5.41) is 13.8. The number of ether oxygens (including phenoxy) is 1. The molecule has 0 aliphatic carbocycles. The summed E-state index contributed by atoms with van der Waals surface area (Å²) in [7, 11) is 1.99. The summed E-state index contributed by atoms with van der Waals surface area (Å²) in [5.41, 5.74) is 6.94. The Morgan fingerprint density at radius 1 is 1.07 bits per heavy atom. The third kappa shape index (κ3) is 6.34. The van der Waals surface area contributed by atoms with E-state index in [9.17, 15) is 14.7 Å². The van der Waals surface area contributed by atoms with E-state index in [4.69, 9.17) is 16.3 Å². The predicted octanol–water partition coefficient (Wildman–Crippen LogP) is 7.42. The van der Waals surface area contributed by atoms with Gasteiger partial charge in [-0.25, -0.2) is 4.79 Å². The van der Waals surface area contributed by atoms with Crippen LogP contribution in [0.3, 0.4) is 0 Å². The van der Waals surface area contributed by atoms with Crippen molar-refractivity contribution in [2.75, 3.05) is 0 Å². The average Bonchev–Trinajstić information content (AvgIpc) is 3.18. The number of hydrogen-bond donors (Lipinski definition) is 2. The summed E-state index contributed by atoms with van der Waals surface area (Å²) >= 11 is 6.64. The number of aryl methyl sites for hydroxylation is 2. The van der Waals surface area contributed by atoms with Crippen molar-refractivity contribution < 1.29 is 19.4 Å². The molecule has 6 nitrogen and oxygen atoms in total. The first-order chi connectivity index (χ1) is 19.1. The highest BCUT2D eigenvalue weighted by molar-refractivity contribution is 6.32. The number of halogens is 1. The smallest absolute Gasteiger partial charge is 0.344 e. The Labute approximate surface area is 240 Å². The largest absolute Gasteiger partial charge is 0.479 e. The number of carbonyl (C=O) groups is 2. The first kappa shape index (κ1) is 29.2. The molecule has 2 atom stereocenters. The third-order valence-electron chi connectivity index (χ3n) is 7.59. The summed E-state index contributed by atoms with van der Waals surface area (Å²) in [5.74, 6) is -0.832. The lowest BCUT2D eigenvalue weighted by molar-refractivity contribution is -0.144. The maximum Gasteiger partial charge on any atom is 0.344 e. The van der Waals surface area contributed by atoms with Gasteiger partial charge in [-0.05, 0) is 74.1 Å². The number of nitrogens with zero attached hydrogens (tertiary/aromatic N) is 1. The Hall–Kier alpha value is -3.77. The van der Waals surface area contributed by atoms with Gasteiger partial charge in [0.1, 0.15) is 5.75 Å². The molecule has 0 bridgehead atoms. The lowest BCUT2D eigenvalue weighted by atomic mass is 10.0. The van der Waals surface area contributed by atoms with E-state index in [-0.39, 0.29) is 11.9 Å². The van der Waals surface area contributed by atoms with Crippen LogP contribution in [0.15, 0.2) is 60.7 Å². The van der Waals surface area contributed by atoms with Crippen molar-refractivity contribution in [1.82, 2.24) is 9.88 Å². The van der Waals surface area contributed by atoms with Crippen LogP contribution >= 0.6 is 11.6 Å². The van der Waals surface area contributed by atoms with Crippen molar-refractivity contribution in [2.45, 2.75) is 65.5 Å². The van der Waals surface area contributed by atoms with Crippen LogP contribution in [0.2, 0.25) is 5.02 Å². The molecule has 0 radical (unpaired) electrons. The lowest BCUT2D eigenvalue weighted by Crippen LogP contribution is -2.26. The molecule has 4 rings (SSSR count). The van der Waals surface area contributed by atoms with E-state index in [2.05, 4.69) is 41.1 Å². The second kappa shape index (κ2) is 12.6. The van der Waals surface area contributed by atoms with Crippen LogP contribution in [0.5, 0.6) is 5.75 Å². The molecular formula is C33H37ClN2O4. The van der Waals surface area contributed by atoms with Crippen LogP contribution in [-0.4, -0.2) is 27.7 Å². The van der Waals surface area contributed by atoms with Crippen molar-refractivity contribution >= 4 is 34.4 Å². The molecule has 210 valence electrons. The van der Waals surface area contributed by atoms with E-state index < -0.39 is 12.1 Å². The minimum Gasteiger partial charge on any atom is -0.479 e. The SMILES string of the molecule is CCCCc1ccc([C@H](C)NC(=O)c2ccc3c(Cc4cccc(O[C@@H](C)C(=O)O)c4Cl)c(C)n(C)c3c2)cc1. The highest BCUT2D eigenvalue weighted by Gasteiger charge is 2.20. The van der Waals surface area contributed by atoms with Crippen LogP contribution in [0, 0.1) is 6.92 Å². The number of carboxylic acids is 1. The van der Waals surface area contributed by atoms with Gasteiger partial charge in [0, 0.05) is 35.6 Å². The molecule has 0 fully saturated rings. The molecule has 0 saturated heterocycles. The number of rotatable bonds is 11. The predicted molar refractivity (Wildman–Crippen MR) is 161 cm³/mol. The van der Waals surface area contributed by atoms with Crippen LogP contribution < -0.4 is 10.1 Å². The number of carboxylic acid groups (broad SMARTS) is 1. The number of aliphatic carboxylic acids is 1. The van der Waals surface area contributed by atoms with Crippen molar-refractivity contribution in [2.24, 2.45) is 7.05 Å². The Balaban J connectivity index is 1.54. The minimum absolute atomic E-state index is 0.116. The molecule has 1 aromatic heterocycles. The molecule has 2 N–H and O–H groups in total. The fraction of sp³-hybridized carbons (Fsp3) is 0.333. The summed E-state index contributed by atoms with van der Waals surface area (Å²) in [6.45, 7) is 7.71. The fourth-order valence-corrected chi connectivity index (χ4v) is 5.18. The van der Waals surface area contributed by atoms with E-state index >= 15 is 0 Å². The molecule has 0 spiro atoms. The maximum atomic E-state index is 13.2. The number of nitrogens with one attached hydrogen (secondary N) is 1. The molecule has 1 heterocycles. The van der Waals surface area contributed by atoms with Crippen LogP contribution in [-0.2, 0) is 24.7 Å². The minimum atomic E-state index is -1.05. The van der Waals surface area contributed by atoms with Crippen LogP contribution in [0.4, 0.5) is 0 Å². The highest BCUT2D eigenvalue weighted by atomic mass is 35.5. The average molecular weight is 561 g/mol. The van der Waals surface area contributed by atoms with Crippen molar-refractivity contribution in [3.05, 3.63) is 99.2 Å². The summed E-state index contributed by atoms with van der Waals surface area (Å²) in [6.07, 6.45) is 2.95. The van der Waals surface area contributed by atoms with Gasteiger partial charge in [-0.1, -0.05) is 67.4 Å². The summed E-state index contributed by atoms with van der Waals surface area (Å²) in [6, 6.07) is 19.5. The Morgan fingerprint density at radius 2 is 1.80 bits per heavy atom. The van der Waals surface area contributed by atoms with E-state index in [0.29, 0.717) is 22.8 Å². The molecule has 7 heteroatoms. The van der Waals surface area contributed by atoms with Gasteiger partial charge >= 0.3 is 5.97 Å². The molecule has 0 aliphatic heterocycles. The number of amides is 1. The molecule has 0 unspecified atom stereocenters. The normalized spacial score (nSPS) is 12.8. The van der Waals surface area contributed by atoms with Crippen molar-refractivity contribution in [3.8, 4) is 5.75 Å². The first-order valence-electron chi connectivity index (χ1n) is 13.7. The van der Waals surface area contributed by atoms with Crippen molar-refractivity contribution in [3.63, 3.8) is 0 Å². The Morgan fingerprint density at radius 3 is 2.48 bits per heavy atom. The van der Waals surface area contributed by atoms with Crippen LogP contribution in [0.1, 0.15) is 78.0 Å². The second-order valence-electron chi connectivity index (χ2n) is 10.4. The number of aromatic nitrogens is 1. The summed E-state index contributed by atoms with van der Waals surface area (Å²) < 4.78 is 7.64. The lowest BCUT2D eigenvalue weighted by Gasteiger charge is -2.15. The van der Waals surface area contributed by atoms with Crippen LogP contribution in [0.25, 0.3) is 10.9 Å². The first-order valence-corrected chi connectivity index (χ1v) is 14.1. The Kier molecular flexibility index (Phi) is 9.21. The van der Waals surface area contributed by atoms with Gasteiger partial charge in [0.25, 0.3) is 5.91 Å². The topological polar surface area (TPSA) is 80.6 Å². The molecule has 0 saturated carbocycles. The van der Waals surface area contributed by atoms with Gasteiger partial charge < -0.3 is 19.7 Å². The maximum absolute atomic E-state index is 13.2. The fourth-order valence-electron chi connectivity index (χ4n) is 4.94. The van der Waals surface area contributed by atoms with E-state index in [0.717, 1.165) is 39.7 Å². The zero-order valence-corrected chi connectivity index (χ0v) is 24.5. The second-order valence-corrected chi connectivity index (χ2v) is 10.8. The van der Waals surface area contributed by atoms with Gasteiger partial charge in [0.15, 0.2) is 6.10 Å². The molecule has 4 aromatic rings. The standard InChI is InChI=1S/C33H37ClN2O4/c1-6-7-9-23-12-14-24(15-13-23)20(2)35-32(37)26-16-17-27-28(21(3)36(5)29(27)19-26)18-25-10-8-11-30(31(25)34)40-22(4)33(38)39/h8,10-17,19-20,22H,6-7,9,18H2,1-5H3,(H,35,37)(H,38,39)/t20-,22-/m0/s1. The zero-order chi connectivity index (χ0) is 29.0. The number of unbranched alkanes of at least 4 members (excludes halogenated alkanes) is 1. The third-order valence-corrected chi connectivity index (χ3v) is 8.02. The van der Waals surface area contributed by atoms with Crippen molar-refractivity contribution in [1.29, 1.82) is 0 Å². The van der Waals surface area contributed by atoms with E-state index in [1.165, 1.54) is 25.3 Å². The van der Waals surface area contributed by atoms with Gasteiger partial charge in [0.05, 0.1) is 11.1 Å². The monoisotopic (exact) mass is 560 g/mol. The number of fused-ring (bicyclic) bond motifs is 1. The number of carbonyl (C=O) groups excluding carboxylic acids is 1. The summed E-state index contributed by atoms with van der Waals surface area (Å²) in [4.78, 5) is 24.4. The molecule has 40 heavy (non-hydrogen) atoms. The van der Waals surface area contributed by atoms with Gasteiger partial charge in [-0.3, -0.25) is 4.79 Å². The van der Waals surface area contributed by atoms with Gasteiger partial charge in [0.2, 0.25) is 0 Å². The van der Waals surface area contributed by atoms with E-state index in [1.54, 1.807) is 6.07 Å². The zero-order valence-electron chi connectivity index (χ0n) is 23.8. The Bertz CT molecular complexity index is 1520. The molecule has 1 amide bonds. The highest BCUT2D eigenvalue weighted by Crippen LogP contribution is 2.34. The quantitative estimate of drug-likeness (QED) is 0.200. The molecule has 3 aromatic carbocycles. The molecular weight excluding hydrogens is 524 g/mol. The van der Waals surface area contributed by atoms with Gasteiger partial charge in [-0.15, -0.1) is 0 Å². The number of benzene rings is 3. The van der Waals surface area contributed by atoms with Gasteiger partial charge in [-0.2, -0.15) is 0 Å².